The molecule has 2 N–H and O–H groups in total. The number of anilines is 3. The first kappa shape index (κ1) is 29.9. The Labute approximate surface area is 254 Å². The fourth-order valence-electron chi connectivity index (χ4n) is 6.10. The van der Waals surface area contributed by atoms with Crippen LogP contribution in [-0.2, 0) is 19.5 Å². The minimum atomic E-state index is -4.74. The third kappa shape index (κ3) is 6.51. The third-order valence-electron chi connectivity index (χ3n) is 8.55. The number of hydrogen-bond donors (Lipinski definition) is 2. The number of aryl methyl sites for hydroxylation is 2. The highest BCUT2D eigenvalue weighted by atomic mass is 19.4. The van der Waals surface area contributed by atoms with Crippen LogP contribution in [0.4, 0.5) is 30.8 Å². The lowest BCUT2D eigenvalue weighted by molar-refractivity contribution is -0.274. The van der Waals surface area contributed by atoms with Crippen LogP contribution in [0.15, 0.2) is 48.9 Å². The Morgan fingerprint density at radius 2 is 1.86 bits per heavy atom. The third-order valence-corrected chi connectivity index (χ3v) is 8.55. The molecule has 44 heavy (non-hydrogen) atoms. The van der Waals surface area contributed by atoms with E-state index in [1.807, 2.05) is 10.8 Å². The molecule has 0 amide bonds. The van der Waals surface area contributed by atoms with Gasteiger partial charge in [-0.1, -0.05) is 12.1 Å². The number of aliphatic hydroxyl groups is 1. The summed E-state index contributed by atoms with van der Waals surface area (Å²) < 4.78 is 44.4. The molecule has 232 valence electrons. The van der Waals surface area contributed by atoms with Gasteiger partial charge >= 0.3 is 6.36 Å². The standard InChI is InChI=1S/C32H36F3N7O2/c1-20-12-25(13-21(2)22(20)3)41-17-29(36-19-41)38-31-37-28-16-40(15-23-6-4-8-26(14-23)44-32(33,34)35)11-9-27(28)30(39-31)42-10-5-7-24(42)18-43/h4,6,8,12-14,17,19,24,43H,5,7,9-11,15-16,18H2,1-3H3,(H,37,38,39)/t24-/m0/s1. The van der Waals surface area contributed by atoms with Crippen LogP contribution in [0.5, 0.6) is 5.75 Å². The van der Waals surface area contributed by atoms with E-state index in [1.165, 1.54) is 28.8 Å². The van der Waals surface area contributed by atoms with E-state index in [4.69, 9.17) is 9.97 Å². The Morgan fingerprint density at radius 3 is 2.61 bits per heavy atom. The number of nitrogens with one attached hydrogen (secondary N) is 1. The van der Waals surface area contributed by atoms with Gasteiger partial charge in [-0.25, -0.2) is 9.97 Å². The average molecular weight is 608 g/mol. The lowest BCUT2D eigenvalue weighted by atomic mass is 10.0. The summed E-state index contributed by atoms with van der Waals surface area (Å²) in [7, 11) is 0. The highest BCUT2D eigenvalue weighted by Gasteiger charge is 2.32. The molecule has 6 rings (SSSR count). The maximum Gasteiger partial charge on any atom is 0.573 e. The molecule has 4 aromatic rings. The second kappa shape index (κ2) is 12.1. The van der Waals surface area contributed by atoms with Crippen LogP contribution in [0.25, 0.3) is 5.69 Å². The normalized spacial score (nSPS) is 17.2. The van der Waals surface area contributed by atoms with Gasteiger partial charge in [0.25, 0.3) is 0 Å². The molecule has 0 aliphatic carbocycles. The summed E-state index contributed by atoms with van der Waals surface area (Å²) in [4.78, 5) is 18.7. The average Bonchev–Trinajstić information content (AvgIpc) is 3.64. The summed E-state index contributed by atoms with van der Waals surface area (Å²) in [5, 5.41) is 13.4. The fourth-order valence-corrected chi connectivity index (χ4v) is 6.10. The molecule has 0 spiro atoms. The van der Waals surface area contributed by atoms with Gasteiger partial charge in [-0.3, -0.25) is 4.90 Å². The van der Waals surface area contributed by atoms with Gasteiger partial charge in [-0.15, -0.1) is 13.2 Å². The first-order chi connectivity index (χ1) is 21.1. The van der Waals surface area contributed by atoms with Crippen LogP contribution in [-0.4, -0.2) is 61.6 Å². The summed E-state index contributed by atoms with van der Waals surface area (Å²) in [6.07, 6.45) is 1.45. The molecule has 12 heteroatoms. The molecule has 1 fully saturated rings. The van der Waals surface area contributed by atoms with Gasteiger partial charge in [0.05, 0.1) is 24.5 Å². The van der Waals surface area contributed by atoms with Gasteiger partial charge in [-0.05, 0) is 86.6 Å². The van der Waals surface area contributed by atoms with Gasteiger partial charge in [0.15, 0.2) is 5.82 Å². The van der Waals surface area contributed by atoms with Crippen molar-refractivity contribution in [3.63, 3.8) is 0 Å². The van der Waals surface area contributed by atoms with Crippen LogP contribution in [0.1, 0.15) is 46.4 Å². The molecule has 1 saturated heterocycles. The quantitative estimate of drug-likeness (QED) is 0.262. The number of aromatic nitrogens is 4. The zero-order valence-corrected chi connectivity index (χ0v) is 25.0. The number of benzene rings is 2. The molecule has 0 unspecified atom stereocenters. The predicted molar refractivity (Wildman–Crippen MR) is 161 cm³/mol. The molecule has 2 aromatic carbocycles. The van der Waals surface area contributed by atoms with E-state index < -0.39 is 6.36 Å². The number of rotatable bonds is 8. The van der Waals surface area contributed by atoms with Gasteiger partial charge in [0.2, 0.25) is 5.95 Å². The van der Waals surface area contributed by atoms with Crippen molar-refractivity contribution in [2.45, 2.75) is 65.5 Å². The summed E-state index contributed by atoms with van der Waals surface area (Å²) >= 11 is 0. The van der Waals surface area contributed by atoms with Gasteiger partial charge in [-0.2, -0.15) is 4.98 Å². The maximum absolute atomic E-state index is 12.8. The first-order valence-electron chi connectivity index (χ1n) is 14.8. The van der Waals surface area contributed by atoms with Crippen molar-refractivity contribution < 1.29 is 23.0 Å². The second-order valence-corrected chi connectivity index (χ2v) is 11.6. The lowest BCUT2D eigenvalue weighted by Gasteiger charge is -2.33. The van der Waals surface area contributed by atoms with Crippen molar-refractivity contribution in [1.82, 2.24) is 24.4 Å². The zero-order valence-electron chi connectivity index (χ0n) is 25.0. The van der Waals surface area contributed by atoms with E-state index in [9.17, 15) is 18.3 Å². The van der Waals surface area contributed by atoms with Crippen molar-refractivity contribution in [3.05, 3.63) is 82.4 Å². The highest BCUT2D eigenvalue weighted by Crippen LogP contribution is 2.34. The smallest absolute Gasteiger partial charge is 0.406 e. The number of alkyl halides is 3. The van der Waals surface area contributed by atoms with E-state index in [1.54, 1.807) is 18.5 Å². The van der Waals surface area contributed by atoms with E-state index in [0.29, 0.717) is 37.8 Å². The number of ether oxygens (including phenoxy) is 1. The van der Waals surface area contributed by atoms with E-state index in [0.717, 1.165) is 47.7 Å². The van der Waals surface area contributed by atoms with Crippen molar-refractivity contribution in [3.8, 4) is 11.4 Å². The first-order valence-corrected chi connectivity index (χ1v) is 14.8. The number of hydrogen-bond acceptors (Lipinski definition) is 8. The zero-order chi connectivity index (χ0) is 31.0. The monoisotopic (exact) mass is 607 g/mol. The van der Waals surface area contributed by atoms with Crippen LogP contribution in [0, 0.1) is 20.8 Å². The van der Waals surface area contributed by atoms with Crippen LogP contribution < -0.4 is 15.0 Å². The molecule has 2 aliphatic rings. The molecule has 9 nitrogen and oxygen atoms in total. The van der Waals surface area contributed by atoms with Gasteiger partial charge in [0.1, 0.15) is 17.9 Å². The van der Waals surface area contributed by atoms with Gasteiger partial charge < -0.3 is 24.6 Å². The van der Waals surface area contributed by atoms with Crippen LogP contribution in [0.2, 0.25) is 0 Å². The van der Waals surface area contributed by atoms with Crippen molar-refractivity contribution in [1.29, 1.82) is 0 Å². The van der Waals surface area contributed by atoms with Gasteiger partial charge in [0, 0.05) is 37.4 Å². The number of fused-ring (bicyclic) bond motifs is 1. The Kier molecular flexibility index (Phi) is 8.21. The molecule has 0 bridgehead atoms. The van der Waals surface area contributed by atoms with E-state index >= 15 is 0 Å². The second-order valence-electron chi connectivity index (χ2n) is 11.6. The molecular formula is C32H36F3N7O2. The lowest BCUT2D eigenvalue weighted by Crippen LogP contribution is -2.37. The van der Waals surface area contributed by atoms with Crippen molar-refractivity contribution in [2.24, 2.45) is 0 Å². The largest absolute Gasteiger partial charge is 0.573 e. The van der Waals surface area contributed by atoms with Crippen LogP contribution in [0.3, 0.4) is 0 Å². The fraction of sp³-hybridized carbons (Fsp3) is 0.406. The SMILES string of the molecule is Cc1cc(-n2cnc(Nc3nc4c(c(N5CCC[C@H]5CO)n3)CCN(Cc3cccc(OC(F)(F)F)c3)C4)c2)cc(C)c1C. The summed E-state index contributed by atoms with van der Waals surface area (Å²) in [5.74, 6) is 1.59. The molecule has 2 aliphatic heterocycles. The Bertz CT molecular complexity index is 1630. The topological polar surface area (TPSA) is 91.6 Å². The molecule has 0 saturated carbocycles. The Hall–Kier alpha value is -4.16. The predicted octanol–water partition coefficient (Wildman–Crippen LogP) is 5.75. The number of nitrogens with zero attached hydrogens (tertiary/aromatic N) is 6. The minimum Gasteiger partial charge on any atom is -0.406 e. The minimum absolute atomic E-state index is 0.0107. The van der Waals surface area contributed by atoms with Crippen molar-refractivity contribution in [2.75, 3.05) is 29.9 Å². The number of imidazole rings is 1. The Morgan fingerprint density at radius 1 is 1.07 bits per heavy atom. The highest BCUT2D eigenvalue weighted by molar-refractivity contribution is 5.58. The Balaban J connectivity index is 1.27. The van der Waals surface area contributed by atoms with E-state index in [-0.39, 0.29) is 18.4 Å². The summed E-state index contributed by atoms with van der Waals surface area (Å²) in [6.45, 7) is 8.78. The molecule has 1 atom stereocenters. The molecule has 4 heterocycles. The summed E-state index contributed by atoms with van der Waals surface area (Å²) in [5.41, 5.74) is 7.30. The number of halogens is 3. The van der Waals surface area contributed by atoms with E-state index in [2.05, 4.69) is 57.7 Å². The maximum atomic E-state index is 12.8. The molecular weight excluding hydrogens is 571 g/mol. The molecule has 0 radical (unpaired) electrons. The van der Waals surface area contributed by atoms with Crippen LogP contribution >= 0.6 is 0 Å². The van der Waals surface area contributed by atoms with Crippen molar-refractivity contribution >= 4 is 17.6 Å². The summed E-state index contributed by atoms with van der Waals surface area (Å²) in [6, 6.07) is 10.3. The molecule has 2 aromatic heterocycles. The number of aliphatic hydroxyl groups excluding tert-OH is 1.